The highest BCUT2D eigenvalue weighted by molar-refractivity contribution is 7.12. The molecule has 3 rings (SSSR count). The van der Waals surface area contributed by atoms with Crippen LogP contribution in [0, 0.1) is 0 Å². The van der Waals surface area contributed by atoms with Crippen molar-refractivity contribution in [1.29, 1.82) is 0 Å². The first-order valence-electron chi connectivity index (χ1n) is 7.62. The summed E-state index contributed by atoms with van der Waals surface area (Å²) in [4.78, 5) is 14.8. The van der Waals surface area contributed by atoms with E-state index < -0.39 is 0 Å². The quantitative estimate of drug-likeness (QED) is 0.799. The minimum absolute atomic E-state index is 0.176. The normalized spacial score (nSPS) is 27.9. The van der Waals surface area contributed by atoms with Crippen molar-refractivity contribution >= 4 is 17.1 Å². The summed E-state index contributed by atoms with van der Waals surface area (Å²) in [5.41, 5.74) is 1.47. The van der Waals surface area contributed by atoms with Gasteiger partial charge in [0, 0.05) is 19.7 Å². The lowest BCUT2D eigenvalue weighted by Gasteiger charge is -2.26. The molecule has 0 amide bonds. The maximum absolute atomic E-state index is 11.4. The molecule has 1 aromatic rings. The van der Waals surface area contributed by atoms with Crippen LogP contribution in [0.4, 0.5) is 0 Å². The Morgan fingerprint density at radius 2 is 2.20 bits per heavy atom. The molecule has 2 aliphatic rings. The summed E-state index contributed by atoms with van der Waals surface area (Å²) in [7, 11) is 0. The van der Waals surface area contributed by atoms with Crippen LogP contribution in [0.15, 0.2) is 11.4 Å². The second kappa shape index (κ2) is 5.96. The van der Waals surface area contributed by atoms with Crippen molar-refractivity contribution in [2.24, 2.45) is 0 Å². The number of hydrogen-bond acceptors (Lipinski definition) is 4. The lowest BCUT2D eigenvalue weighted by molar-refractivity contribution is -0.00737. The van der Waals surface area contributed by atoms with E-state index >= 15 is 0 Å². The van der Waals surface area contributed by atoms with E-state index in [1.165, 1.54) is 31.2 Å². The zero-order valence-electron chi connectivity index (χ0n) is 12.2. The van der Waals surface area contributed by atoms with Crippen molar-refractivity contribution in [1.82, 2.24) is 4.90 Å². The fraction of sp³-hybridized carbons (Fsp3) is 0.688. The Bertz CT molecular complexity index is 477. The number of carbonyl (C=O) groups excluding carboxylic acids is 1. The Labute approximate surface area is 124 Å². The van der Waals surface area contributed by atoms with Gasteiger partial charge in [0.05, 0.1) is 10.5 Å². The van der Waals surface area contributed by atoms with E-state index in [0.29, 0.717) is 0 Å². The number of ketones is 1. The second-order valence-electron chi connectivity index (χ2n) is 6.14. The Morgan fingerprint density at radius 3 is 2.90 bits per heavy atom. The number of carbonyl (C=O) groups is 1. The fourth-order valence-electron chi connectivity index (χ4n) is 3.43. The van der Waals surface area contributed by atoms with Crippen LogP contribution in [0.5, 0.6) is 0 Å². The molecule has 0 unspecified atom stereocenters. The first kappa shape index (κ1) is 14.2. The van der Waals surface area contributed by atoms with Crippen molar-refractivity contribution in [3.05, 3.63) is 21.9 Å². The molecule has 0 aromatic carbocycles. The van der Waals surface area contributed by atoms with Crippen molar-refractivity contribution < 1.29 is 9.53 Å². The fourth-order valence-corrected chi connectivity index (χ4v) is 4.24. The molecule has 2 fully saturated rings. The van der Waals surface area contributed by atoms with Gasteiger partial charge in [-0.05, 0) is 62.6 Å². The third-order valence-corrected chi connectivity index (χ3v) is 5.66. The third-order valence-electron chi connectivity index (χ3n) is 4.58. The van der Waals surface area contributed by atoms with Gasteiger partial charge in [-0.25, -0.2) is 0 Å². The predicted octanol–water partition coefficient (Wildman–Crippen LogP) is 3.49. The molecule has 3 heterocycles. The van der Waals surface area contributed by atoms with E-state index in [2.05, 4.69) is 16.3 Å². The molecule has 0 bridgehead atoms. The summed E-state index contributed by atoms with van der Waals surface area (Å²) in [6.45, 7) is 5.83. The van der Waals surface area contributed by atoms with E-state index in [9.17, 15) is 4.79 Å². The van der Waals surface area contributed by atoms with E-state index in [0.717, 1.165) is 37.5 Å². The number of Topliss-reactive ketones (excluding diaryl/α,β-unsaturated/α-hetero) is 1. The number of nitrogens with zero attached hydrogens (tertiary/aromatic N) is 1. The van der Waals surface area contributed by atoms with Gasteiger partial charge in [-0.1, -0.05) is 0 Å². The average molecular weight is 293 g/mol. The van der Waals surface area contributed by atoms with E-state index in [-0.39, 0.29) is 11.4 Å². The van der Waals surface area contributed by atoms with Gasteiger partial charge in [0.25, 0.3) is 0 Å². The van der Waals surface area contributed by atoms with Crippen molar-refractivity contribution in [3.8, 4) is 0 Å². The average Bonchev–Trinajstić information content (AvgIpc) is 3.01. The highest BCUT2D eigenvalue weighted by atomic mass is 32.1. The number of likely N-dealkylation sites (tertiary alicyclic amines) is 1. The molecule has 1 aromatic heterocycles. The van der Waals surface area contributed by atoms with Gasteiger partial charge in [-0.15, -0.1) is 11.3 Å². The monoisotopic (exact) mass is 293 g/mol. The van der Waals surface area contributed by atoms with Gasteiger partial charge in [-0.2, -0.15) is 0 Å². The van der Waals surface area contributed by atoms with Crippen molar-refractivity contribution in [2.75, 3.05) is 19.7 Å². The molecule has 1 spiro atoms. The van der Waals surface area contributed by atoms with Crippen LogP contribution >= 0.6 is 11.3 Å². The molecule has 2 saturated heterocycles. The number of hydrogen-bond donors (Lipinski definition) is 0. The van der Waals surface area contributed by atoms with Crippen molar-refractivity contribution in [2.45, 2.75) is 51.2 Å². The summed E-state index contributed by atoms with van der Waals surface area (Å²) in [6.07, 6.45) is 6.08. The summed E-state index contributed by atoms with van der Waals surface area (Å²) < 4.78 is 6.03. The topological polar surface area (TPSA) is 29.5 Å². The Morgan fingerprint density at radius 1 is 1.35 bits per heavy atom. The summed E-state index contributed by atoms with van der Waals surface area (Å²) >= 11 is 1.57. The molecule has 2 aliphatic heterocycles. The first-order chi connectivity index (χ1) is 9.67. The molecule has 4 heteroatoms. The highest BCUT2D eigenvalue weighted by Gasteiger charge is 2.36. The number of rotatable bonds is 3. The van der Waals surface area contributed by atoms with Gasteiger partial charge in [0.15, 0.2) is 5.78 Å². The standard InChI is InChI=1S/C16H23NO2S/c1-13(18)15-10-14(12-20-15)11-17-7-2-4-16(6-8-17)5-3-9-19-16/h10,12H,2-9,11H2,1H3/t16-/m0/s1. The molecule has 0 saturated carbocycles. The Kier molecular flexibility index (Phi) is 4.24. The van der Waals surface area contributed by atoms with Crippen LogP contribution in [-0.4, -0.2) is 36.0 Å². The Hall–Kier alpha value is -0.710. The van der Waals surface area contributed by atoms with Gasteiger partial charge in [0.1, 0.15) is 0 Å². The summed E-state index contributed by atoms with van der Waals surface area (Å²) in [6, 6.07) is 2.06. The van der Waals surface area contributed by atoms with E-state index in [1.807, 2.05) is 0 Å². The number of thiophene rings is 1. The van der Waals surface area contributed by atoms with Crippen LogP contribution < -0.4 is 0 Å². The van der Waals surface area contributed by atoms with Gasteiger partial charge < -0.3 is 4.74 Å². The summed E-state index contributed by atoms with van der Waals surface area (Å²) in [5.74, 6) is 0.176. The van der Waals surface area contributed by atoms with Crippen LogP contribution in [0.3, 0.4) is 0 Å². The molecule has 0 radical (unpaired) electrons. The van der Waals surface area contributed by atoms with E-state index in [4.69, 9.17) is 4.74 Å². The maximum Gasteiger partial charge on any atom is 0.169 e. The van der Waals surface area contributed by atoms with Crippen LogP contribution in [0.2, 0.25) is 0 Å². The summed E-state index contributed by atoms with van der Waals surface area (Å²) in [5, 5.41) is 2.13. The lowest BCUT2D eigenvalue weighted by atomic mass is 9.92. The third kappa shape index (κ3) is 3.13. The van der Waals surface area contributed by atoms with Crippen LogP contribution in [-0.2, 0) is 11.3 Å². The largest absolute Gasteiger partial charge is 0.375 e. The highest BCUT2D eigenvalue weighted by Crippen LogP contribution is 2.35. The van der Waals surface area contributed by atoms with E-state index in [1.54, 1.807) is 18.3 Å². The zero-order chi connectivity index (χ0) is 14.0. The molecular formula is C16H23NO2S. The van der Waals surface area contributed by atoms with Gasteiger partial charge >= 0.3 is 0 Å². The van der Waals surface area contributed by atoms with Crippen LogP contribution in [0.25, 0.3) is 0 Å². The molecule has 0 aliphatic carbocycles. The zero-order valence-corrected chi connectivity index (χ0v) is 13.0. The first-order valence-corrected chi connectivity index (χ1v) is 8.50. The maximum atomic E-state index is 11.4. The smallest absolute Gasteiger partial charge is 0.169 e. The molecule has 1 atom stereocenters. The van der Waals surface area contributed by atoms with Gasteiger partial charge in [-0.3, -0.25) is 9.69 Å². The molecule has 110 valence electrons. The SMILES string of the molecule is CC(=O)c1cc(CN2CCC[C@]3(CCCO3)CC2)cs1. The van der Waals surface area contributed by atoms with Gasteiger partial charge in [0.2, 0.25) is 0 Å². The van der Waals surface area contributed by atoms with Crippen molar-refractivity contribution in [3.63, 3.8) is 0 Å². The second-order valence-corrected chi connectivity index (χ2v) is 7.05. The Balaban J connectivity index is 1.59. The molecule has 0 N–H and O–H groups in total. The molecule has 20 heavy (non-hydrogen) atoms. The molecule has 3 nitrogen and oxygen atoms in total. The lowest BCUT2D eigenvalue weighted by Crippen LogP contribution is -2.30. The number of ether oxygens (including phenoxy) is 1. The van der Waals surface area contributed by atoms with Crippen LogP contribution in [0.1, 0.15) is 54.3 Å². The predicted molar refractivity (Wildman–Crippen MR) is 81.4 cm³/mol. The minimum atomic E-state index is 0.176. The minimum Gasteiger partial charge on any atom is -0.375 e. The molecular weight excluding hydrogens is 270 g/mol.